The van der Waals surface area contributed by atoms with E-state index in [1.165, 1.54) is 4.90 Å². The first-order chi connectivity index (χ1) is 7.58. The molecule has 1 N–H and O–H groups in total. The summed E-state index contributed by atoms with van der Waals surface area (Å²) >= 11 is 11.6. The van der Waals surface area contributed by atoms with Gasteiger partial charge in [0, 0.05) is 18.7 Å². The Morgan fingerprint density at radius 1 is 1.19 bits per heavy atom. The Labute approximate surface area is 102 Å². The van der Waals surface area contributed by atoms with Crippen molar-refractivity contribution in [3.63, 3.8) is 0 Å². The molecule has 6 heteroatoms. The van der Waals surface area contributed by atoms with Gasteiger partial charge in [-0.05, 0) is 18.2 Å². The van der Waals surface area contributed by atoms with Crippen molar-refractivity contribution in [1.82, 2.24) is 5.32 Å². The normalized spacial score (nSPS) is 16.2. The predicted octanol–water partition coefficient (Wildman–Crippen LogP) is 2.44. The van der Waals surface area contributed by atoms with Crippen molar-refractivity contribution < 1.29 is 9.59 Å². The molecule has 1 fully saturated rings. The van der Waals surface area contributed by atoms with Crippen LogP contribution in [0.25, 0.3) is 0 Å². The zero-order valence-electron chi connectivity index (χ0n) is 8.17. The van der Waals surface area contributed by atoms with Crippen molar-refractivity contribution in [2.24, 2.45) is 0 Å². The van der Waals surface area contributed by atoms with E-state index in [4.69, 9.17) is 23.2 Å². The first-order valence-electron chi connectivity index (χ1n) is 4.64. The van der Waals surface area contributed by atoms with Gasteiger partial charge in [0.25, 0.3) is 0 Å². The van der Waals surface area contributed by atoms with Gasteiger partial charge >= 0.3 is 6.03 Å². The van der Waals surface area contributed by atoms with Gasteiger partial charge < -0.3 is 0 Å². The molecular formula is C10H8Cl2N2O2. The first-order valence-corrected chi connectivity index (χ1v) is 5.40. The molecule has 16 heavy (non-hydrogen) atoms. The van der Waals surface area contributed by atoms with Gasteiger partial charge in [-0.15, -0.1) is 0 Å². The van der Waals surface area contributed by atoms with E-state index in [-0.39, 0.29) is 12.3 Å². The zero-order valence-corrected chi connectivity index (χ0v) is 9.68. The second kappa shape index (κ2) is 4.31. The number of benzene rings is 1. The number of anilines is 1. The molecular weight excluding hydrogens is 251 g/mol. The number of carbonyl (C=O) groups is 2. The van der Waals surface area contributed by atoms with Crippen LogP contribution in [-0.2, 0) is 4.79 Å². The minimum absolute atomic E-state index is 0.263. The van der Waals surface area contributed by atoms with Crippen LogP contribution in [-0.4, -0.2) is 18.5 Å². The average Bonchev–Trinajstić information content (AvgIpc) is 2.22. The molecule has 0 saturated carbocycles. The molecule has 0 spiro atoms. The van der Waals surface area contributed by atoms with E-state index < -0.39 is 6.03 Å². The Balaban J connectivity index is 2.27. The van der Waals surface area contributed by atoms with Crippen LogP contribution in [0.4, 0.5) is 10.5 Å². The fourth-order valence-electron chi connectivity index (χ4n) is 1.46. The molecule has 0 aromatic heterocycles. The molecule has 0 atom stereocenters. The fraction of sp³-hybridized carbons (Fsp3) is 0.200. The SMILES string of the molecule is O=C1CCN(c2ccc(Cl)c(Cl)c2)C(=O)N1. The van der Waals surface area contributed by atoms with Crippen LogP contribution in [0.2, 0.25) is 10.0 Å². The number of rotatable bonds is 1. The van der Waals surface area contributed by atoms with E-state index in [2.05, 4.69) is 5.32 Å². The molecule has 1 aromatic rings. The highest BCUT2D eigenvalue weighted by molar-refractivity contribution is 6.42. The predicted molar refractivity (Wildman–Crippen MR) is 62.0 cm³/mol. The van der Waals surface area contributed by atoms with E-state index in [1.54, 1.807) is 18.2 Å². The highest BCUT2D eigenvalue weighted by Crippen LogP contribution is 2.27. The topological polar surface area (TPSA) is 49.4 Å². The summed E-state index contributed by atoms with van der Waals surface area (Å²) in [7, 11) is 0. The lowest BCUT2D eigenvalue weighted by molar-refractivity contribution is -0.120. The van der Waals surface area contributed by atoms with Crippen LogP contribution >= 0.6 is 23.2 Å². The summed E-state index contributed by atoms with van der Waals surface area (Å²) in [5.41, 5.74) is 0.624. The van der Waals surface area contributed by atoms with Gasteiger partial charge in [-0.2, -0.15) is 0 Å². The number of urea groups is 1. The molecule has 0 aliphatic carbocycles. The molecule has 0 radical (unpaired) electrons. The number of imide groups is 1. The molecule has 1 saturated heterocycles. The lowest BCUT2D eigenvalue weighted by Gasteiger charge is -2.26. The van der Waals surface area contributed by atoms with Gasteiger partial charge in [-0.25, -0.2) is 4.79 Å². The summed E-state index contributed by atoms with van der Waals surface area (Å²) in [6, 6.07) is 4.46. The number of amides is 3. The molecule has 1 aliphatic heterocycles. The van der Waals surface area contributed by atoms with Crippen LogP contribution in [0.15, 0.2) is 18.2 Å². The Morgan fingerprint density at radius 2 is 1.94 bits per heavy atom. The van der Waals surface area contributed by atoms with Crippen molar-refractivity contribution in [2.75, 3.05) is 11.4 Å². The lowest BCUT2D eigenvalue weighted by Crippen LogP contribution is -2.49. The summed E-state index contributed by atoms with van der Waals surface area (Å²) in [5, 5.41) is 3.04. The van der Waals surface area contributed by atoms with Gasteiger partial charge in [0.2, 0.25) is 5.91 Å². The highest BCUT2D eigenvalue weighted by Gasteiger charge is 2.24. The molecule has 3 amide bonds. The molecule has 1 aliphatic rings. The van der Waals surface area contributed by atoms with E-state index in [9.17, 15) is 9.59 Å². The smallest absolute Gasteiger partial charge is 0.294 e. The van der Waals surface area contributed by atoms with Crippen LogP contribution in [0.1, 0.15) is 6.42 Å². The van der Waals surface area contributed by atoms with Crippen molar-refractivity contribution in [2.45, 2.75) is 6.42 Å². The van der Waals surface area contributed by atoms with E-state index in [1.807, 2.05) is 0 Å². The molecule has 4 nitrogen and oxygen atoms in total. The Bertz CT molecular complexity index is 462. The third kappa shape index (κ3) is 2.13. The summed E-state index contributed by atoms with van der Waals surface area (Å²) in [5.74, 6) is -0.263. The van der Waals surface area contributed by atoms with Gasteiger partial charge in [-0.3, -0.25) is 15.0 Å². The third-order valence-corrected chi connectivity index (χ3v) is 3.01. The van der Waals surface area contributed by atoms with Crippen molar-refractivity contribution in [3.05, 3.63) is 28.2 Å². The second-order valence-electron chi connectivity index (χ2n) is 3.35. The fourth-order valence-corrected chi connectivity index (χ4v) is 1.76. The summed E-state index contributed by atoms with van der Waals surface area (Å²) in [6.07, 6.45) is 0.284. The van der Waals surface area contributed by atoms with Crippen LogP contribution in [0.3, 0.4) is 0 Å². The van der Waals surface area contributed by atoms with Crippen molar-refractivity contribution in [1.29, 1.82) is 0 Å². The minimum atomic E-state index is -0.436. The molecule has 1 aromatic carbocycles. The summed E-state index contributed by atoms with van der Waals surface area (Å²) in [4.78, 5) is 23.9. The van der Waals surface area contributed by atoms with Crippen molar-refractivity contribution >= 4 is 40.8 Å². The van der Waals surface area contributed by atoms with E-state index >= 15 is 0 Å². The average molecular weight is 259 g/mol. The van der Waals surface area contributed by atoms with Crippen LogP contribution in [0, 0.1) is 0 Å². The Hall–Kier alpha value is -1.26. The van der Waals surface area contributed by atoms with Gasteiger partial charge in [0.1, 0.15) is 0 Å². The minimum Gasteiger partial charge on any atom is -0.294 e. The van der Waals surface area contributed by atoms with E-state index in [0.717, 1.165) is 0 Å². The molecule has 2 rings (SSSR count). The molecule has 0 bridgehead atoms. The zero-order chi connectivity index (χ0) is 11.7. The van der Waals surface area contributed by atoms with Crippen LogP contribution in [0.5, 0.6) is 0 Å². The number of nitrogens with one attached hydrogen (secondary N) is 1. The molecule has 84 valence electrons. The number of hydrogen-bond acceptors (Lipinski definition) is 2. The first kappa shape index (κ1) is 11.2. The van der Waals surface area contributed by atoms with Gasteiger partial charge in [0.15, 0.2) is 0 Å². The maximum Gasteiger partial charge on any atom is 0.328 e. The largest absolute Gasteiger partial charge is 0.328 e. The number of halogens is 2. The number of carbonyl (C=O) groups excluding carboxylic acids is 2. The molecule has 0 unspecified atom stereocenters. The second-order valence-corrected chi connectivity index (χ2v) is 4.17. The highest BCUT2D eigenvalue weighted by atomic mass is 35.5. The number of hydrogen-bond donors (Lipinski definition) is 1. The summed E-state index contributed by atoms with van der Waals surface area (Å²) in [6.45, 7) is 0.350. The number of nitrogens with zero attached hydrogens (tertiary/aromatic N) is 1. The Kier molecular flexibility index (Phi) is 3.03. The standard InChI is InChI=1S/C10H8Cl2N2O2/c11-7-2-1-6(5-8(7)12)14-4-3-9(15)13-10(14)16/h1-2,5H,3-4H2,(H,13,15,16). The Morgan fingerprint density at radius 3 is 2.56 bits per heavy atom. The van der Waals surface area contributed by atoms with Crippen molar-refractivity contribution in [3.8, 4) is 0 Å². The van der Waals surface area contributed by atoms with E-state index in [0.29, 0.717) is 22.3 Å². The maximum absolute atomic E-state index is 11.5. The van der Waals surface area contributed by atoms with Gasteiger partial charge in [0.05, 0.1) is 10.0 Å². The third-order valence-electron chi connectivity index (χ3n) is 2.27. The van der Waals surface area contributed by atoms with Crippen LogP contribution < -0.4 is 10.2 Å². The van der Waals surface area contributed by atoms with Gasteiger partial charge in [-0.1, -0.05) is 23.2 Å². The monoisotopic (exact) mass is 258 g/mol. The lowest BCUT2D eigenvalue weighted by atomic mass is 10.2. The molecule has 1 heterocycles. The quantitative estimate of drug-likeness (QED) is 0.842. The summed E-state index contributed by atoms with van der Waals surface area (Å²) < 4.78 is 0. The maximum atomic E-state index is 11.5.